The smallest absolute Gasteiger partial charge is 2.00 e. The van der Waals surface area contributed by atoms with E-state index in [1.54, 1.807) is 0 Å². The van der Waals surface area contributed by atoms with Gasteiger partial charge in [-0.15, -0.1) is 0 Å². The van der Waals surface area contributed by atoms with Crippen molar-refractivity contribution in [2.75, 3.05) is 0 Å². The maximum absolute atomic E-state index is 8.44. The molecule has 0 amide bonds. The van der Waals surface area contributed by atoms with Gasteiger partial charge in [-0.25, -0.2) is 0 Å². The van der Waals surface area contributed by atoms with Crippen LogP contribution in [0.2, 0.25) is 0 Å². The van der Waals surface area contributed by atoms with E-state index in [2.05, 4.69) is 0 Å². The van der Waals surface area contributed by atoms with Crippen molar-refractivity contribution in [1.29, 1.82) is 0 Å². The van der Waals surface area contributed by atoms with Crippen molar-refractivity contribution in [3.63, 3.8) is 0 Å². The topological polar surface area (TPSA) is 311 Å². The third kappa shape index (κ3) is 5560. The Balaban J connectivity index is -0.00000000389. The molecule has 0 aromatic heterocycles. The Bertz CT molecular complexity index is 101. The first-order chi connectivity index (χ1) is 5.46. The van der Waals surface area contributed by atoms with Crippen LogP contribution in [0.3, 0.4) is 0 Å². The van der Waals surface area contributed by atoms with Gasteiger partial charge in [0.05, 0.1) is 0 Å². The fraction of sp³-hybridized carbons (Fsp3) is 0. The summed E-state index contributed by atoms with van der Waals surface area (Å²) in [5.74, 6) is 0. The van der Waals surface area contributed by atoms with Crippen molar-refractivity contribution in [3.8, 4) is 0 Å². The number of carbonyl (C=O) groups is 2. The van der Waals surface area contributed by atoms with E-state index in [1.165, 1.54) is 0 Å². The molecule has 20 heavy (non-hydrogen) atoms. The Kier molecular flexibility index (Phi) is 755. The summed E-state index contributed by atoms with van der Waals surface area (Å²) in [6, 6.07) is 0. The SMILES string of the molecule is O.O.O=C([O-])O.O=C([O-])[O-].[OH-].[OH-].[OH-].[O]=[Zn].[O]=[Zn].[Zn+2].[Zn+2].[Zn+2]. The number of carboxylic acid groups (broad SMARTS) is 4. The van der Waals surface area contributed by atoms with E-state index in [0.29, 0.717) is 0 Å². The normalized spacial score (nSPS) is 3.00. The van der Waals surface area contributed by atoms with Crippen LogP contribution in [0, 0.1) is 0 Å². The average Bonchev–Trinajstić information content (AvgIpc) is 1.93. The van der Waals surface area contributed by atoms with Gasteiger partial charge in [0, 0.05) is 0 Å². The summed E-state index contributed by atoms with van der Waals surface area (Å²) in [5, 5.41) is 32.0. The molecule has 0 bridgehead atoms. The molecule has 18 heteroatoms. The number of hydrogen-bond donors (Lipinski definition) is 1. The van der Waals surface area contributed by atoms with E-state index in [1.807, 2.05) is 0 Å². The van der Waals surface area contributed by atoms with E-state index in [4.69, 9.17) is 37.2 Å². The number of hydrogen-bond acceptors (Lipinski definition) is 10. The Labute approximate surface area is 170 Å². The standard InChI is InChI=1S/2CH2O3.5H2O.2O.5Zn/c2*2-1(3)4;;;;;;;;;;;;/h2*(H2,2,3,4);5*1H2;;;;;;;/q;;;;;;;;;;;3*+2/p-6. The fourth-order valence-electron chi connectivity index (χ4n) is 0. The maximum Gasteiger partial charge on any atom is 2.00 e. The molecule has 104 valence electrons. The van der Waals surface area contributed by atoms with E-state index < -0.39 is 12.3 Å². The molecule has 0 fully saturated rings. The van der Waals surface area contributed by atoms with Crippen molar-refractivity contribution in [2.45, 2.75) is 0 Å². The molecule has 13 nitrogen and oxygen atoms in total. The Morgan fingerprint density at radius 2 is 0.700 bits per heavy atom. The molecule has 0 spiro atoms. The largest absolute Gasteiger partial charge is 2.00 e. The minimum atomic E-state index is -2.33. The first kappa shape index (κ1) is 103. The molecule has 0 unspecified atom stereocenters. The molecule has 0 aliphatic heterocycles. The molecule has 0 aliphatic rings. The Hall–Kier alpha value is 1.06. The summed E-state index contributed by atoms with van der Waals surface area (Å²) in [6.45, 7) is 0. The molecular formula is C2H8O13Zn5. The van der Waals surface area contributed by atoms with Gasteiger partial charge in [0.1, 0.15) is 0 Å². The molecule has 0 aromatic rings. The average molecular weight is 567 g/mol. The second-order valence-electron chi connectivity index (χ2n) is 0.516. The molecular weight excluding hydrogens is 559 g/mol. The van der Waals surface area contributed by atoms with Crippen LogP contribution >= 0.6 is 0 Å². The molecule has 0 aliphatic carbocycles. The maximum atomic E-state index is 8.44. The molecule has 8 N–H and O–H groups in total. The molecule has 0 aromatic carbocycles. The molecule has 0 radical (unpaired) electrons. The van der Waals surface area contributed by atoms with Gasteiger partial charge >= 0.3 is 102 Å². The molecule has 0 rings (SSSR count). The van der Waals surface area contributed by atoms with Gasteiger partial charge in [0.2, 0.25) is 6.16 Å². The first-order valence-electron chi connectivity index (χ1n) is 1.82. The van der Waals surface area contributed by atoms with Gasteiger partial charge in [-0.1, -0.05) is 0 Å². The van der Waals surface area contributed by atoms with Crippen molar-refractivity contribution in [3.05, 3.63) is 0 Å². The van der Waals surface area contributed by atoms with Crippen molar-refractivity contribution in [2.24, 2.45) is 0 Å². The Morgan fingerprint density at radius 1 is 0.700 bits per heavy atom. The van der Waals surface area contributed by atoms with E-state index in [-0.39, 0.29) is 122 Å². The summed E-state index contributed by atoms with van der Waals surface area (Å²) < 4.78 is 16.8. The number of rotatable bonds is 0. The van der Waals surface area contributed by atoms with Crippen molar-refractivity contribution < 1.29 is 159 Å². The van der Waals surface area contributed by atoms with Crippen LogP contribution in [0.25, 0.3) is 0 Å². The number of carbonyl (C=O) groups excluding carboxylic acids is 1. The summed E-state index contributed by atoms with van der Waals surface area (Å²) in [5.41, 5.74) is 0. The van der Waals surface area contributed by atoms with Crippen LogP contribution in [-0.4, -0.2) is 44.8 Å². The van der Waals surface area contributed by atoms with Gasteiger partial charge < -0.3 is 57.4 Å². The van der Waals surface area contributed by atoms with Gasteiger partial charge in [0.25, 0.3) is 0 Å². The predicted molar refractivity (Wildman–Crippen MR) is 27.8 cm³/mol. The monoisotopic (exact) mass is 560 g/mol. The van der Waals surface area contributed by atoms with Crippen molar-refractivity contribution in [1.82, 2.24) is 0 Å². The van der Waals surface area contributed by atoms with Crippen LogP contribution in [-0.2, 0) is 102 Å². The minimum Gasteiger partial charge on any atom is 2.00 e. The first-order valence-corrected chi connectivity index (χ1v) is 4.24. The zero-order valence-electron chi connectivity index (χ0n) is 10.2. The van der Waals surface area contributed by atoms with Crippen LogP contribution in [0.15, 0.2) is 0 Å². The third-order valence-electron chi connectivity index (χ3n) is 0. The molecule has 0 saturated carbocycles. The summed E-state index contributed by atoms with van der Waals surface area (Å²) in [4.78, 5) is 16.8. The van der Waals surface area contributed by atoms with Crippen LogP contribution in [0.1, 0.15) is 0 Å². The van der Waals surface area contributed by atoms with Crippen LogP contribution in [0.5, 0.6) is 0 Å². The summed E-state index contributed by atoms with van der Waals surface area (Å²) >= 11 is 0.250. The summed E-state index contributed by atoms with van der Waals surface area (Å²) in [7, 11) is 0. The third-order valence-corrected chi connectivity index (χ3v) is 0. The van der Waals surface area contributed by atoms with Gasteiger partial charge in [-0.05, 0) is 6.16 Å². The second-order valence-corrected chi connectivity index (χ2v) is 0.516. The fourth-order valence-corrected chi connectivity index (χ4v) is 0. The van der Waals surface area contributed by atoms with E-state index in [9.17, 15) is 0 Å². The van der Waals surface area contributed by atoms with Crippen molar-refractivity contribution >= 4 is 12.3 Å². The quantitative estimate of drug-likeness (QED) is 0.269. The van der Waals surface area contributed by atoms with Gasteiger partial charge in [0.15, 0.2) is 0 Å². The second kappa shape index (κ2) is 146. The minimum absolute atomic E-state index is 0. The molecule has 0 saturated heterocycles. The van der Waals surface area contributed by atoms with E-state index >= 15 is 0 Å². The summed E-state index contributed by atoms with van der Waals surface area (Å²) in [6.07, 6.45) is -4.42. The zero-order chi connectivity index (χ0) is 11.2. The van der Waals surface area contributed by atoms with Crippen LogP contribution < -0.4 is 15.3 Å². The van der Waals surface area contributed by atoms with E-state index in [0.717, 1.165) is 0 Å². The zero-order valence-corrected chi connectivity index (χ0v) is 25.0. The van der Waals surface area contributed by atoms with Gasteiger partial charge in [-0.2, -0.15) is 0 Å². The molecule has 0 heterocycles. The van der Waals surface area contributed by atoms with Gasteiger partial charge in [-0.3, -0.25) is 0 Å². The van der Waals surface area contributed by atoms with Crippen LogP contribution in [0.4, 0.5) is 9.59 Å². The Morgan fingerprint density at radius 3 is 0.700 bits per heavy atom. The predicted octanol–water partition coefficient (Wildman–Crippen LogP) is -5.99. The molecule has 0 atom stereocenters.